The van der Waals surface area contributed by atoms with Gasteiger partial charge < -0.3 is 41.0 Å². The number of nitrogens with zero attached hydrogens (tertiary/aromatic N) is 4. The smallest absolute Gasteiger partial charge is 0.242 e. The van der Waals surface area contributed by atoms with E-state index < -0.39 is 12.1 Å². The van der Waals surface area contributed by atoms with E-state index >= 15 is 0 Å². The van der Waals surface area contributed by atoms with Gasteiger partial charge in [-0.15, -0.1) is 0 Å². The molecular weight excluding hydrogens is 1440 g/mol. The molecule has 0 bridgehead atoms. The lowest BCUT2D eigenvalue weighted by Gasteiger charge is -2.19. The molecule has 0 saturated carbocycles. The van der Waals surface area contributed by atoms with Crippen molar-refractivity contribution in [3.05, 3.63) is 168 Å². The van der Waals surface area contributed by atoms with Gasteiger partial charge in [-0.25, -0.2) is 9.97 Å². The Hall–Kier alpha value is -9.70. The Bertz CT molecular complexity index is 4480. The Balaban J connectivity index is 0.859. The Morgan fingerprint density at radius 2 is 0.629 bits per heavy atom. The second-order valence-electron chi connectivity index (χ2n) is 32.7. The summed E-state index contributed by atoms with van der Waals surface area (Å²) in [5.41, 5.74) is 14.6. The van der Waals surface area contributed by atoms with Crippen LogP contribution in [0.3, 0.4) is 0 Å². The lowest BCUT2D eigenvalue weighted by molar-refractivity contribution is -0.129. The zero-order chi connectivity index (χ0) is 81.6. The van der Waals surface area contributed by atoms with E-state index in [0.29, 0.717) is 37.3 Å². The summed E-state index contributed by atoms with van der Waals surface area (Å²) in [5.74, 6) is -1.72. The number of fused-ring (bicyclic) bond motifs is 7. The molecule has 0 spiro atoms. The standard InChI is InChI=1S/C100H134N10O6/c1-7-11-15-19-23-25-27-29-31-41-63-101-99(115)87(67-75-45-37-35-38-46-75)107-95(113)61-59-93(111)105-79-51-57-91-85(71-79)83-69-77(49-55-89(83)109(91)65-43-33-21-17-13-9-3)81-53-54-82(98-97(81)103-73(5)74(6)104-98)78-50-56-90-84(70-78)86-72-80(52-58-92(86)110(90)66-44-34-22-18-14-10-4)106-94(112)60-62-96(114)108-88(68-76-47-39-36-40-48-76)100(116)102-64-42-32-30-28-26-24-20-16-12-8-2/h35-40,45-58,69-72,87-88H,7-34,41-44,59-68H2,1-6H3,(H,101,115)(H,102,116)(H,105,111)(H,106,112)(H,107,113)(H,108,114)/t87-,88-/m0/s1. The fourth-order valence-corrected chi connectivity index (χ4v) is 16.5. The fraction of sp³-hybridized carbons (Fsp3) is 0.500. The molecule has 16 nitrogen and oxygen atoms in total. The molecule has 0 unspecified atom stereocenters. The van der Waals surface area contributed by atoms with Crippen molar-refractivity contribution in [3.63, 3.8) is 0 Å². The SMILES string of the molecule is CCCCCCCCCCCCNC(=O)[C@H](Cc1ccccc1)NC(=O)CCC(=O)Nc1ccc2c(c1)c1cc(-c3ccc(-c4ccc5c(c4)c4cc(NC(=O)CCC(=O)N[C@@H](Cc6ccccc6)C(=O)NCCCCCCCCCCCC)ccc4n5CCCCCCCC)c4nc(C)c(C)nc34)ccc1n2CCCCCCCC. The van der Waals surface area contributed by atoms with Gasteiger partial charge in [-0.1, -0.05) is 292 Å². The van der Waals surface area contributed by atoms with Crippen LogP contribution in [0.25, 0.3) is 76.9 Å². The van der Waals surface area contributed by atoms with Gasteiger partial charge in [0.2, 0.25) is 35.4 Å². The van der Waals surface area contributed by atoms with E-state index in [1.54, 1.807) is 0 Å². The van der Waals surface area contributed by atoms with Crippen LogP contribution in [0.2, 0.25) is 0 Å². The van der Waals surface area contributed by atoms with Crippen molar-refractivity contribution in [1.29, 1.82) is 0 Å². The molecule has 0 fully saturated rings. The molecule has 3 heterocycles. The summed E-state index contributed by atoms with van der Waals surface area (Å²) in [7, 11) is 0. The number of carbonyl (C=O) groups is 6. The minimum Gasteiger partial charge on any atom is -0.354 e. The maximum absolute atomic E-state index is 13.9. The average Bonchev–Trinajstić information content (AvgIpc) is 1.53. The molecule has 620 valence electrons. The molecule has 0 aliphatic carbocycles. The quantitative estimate of drug-likeness (QED) is 0.0202. The number of nitrogens with one attached hydrogen (secondary N) is 6. The van der Waals surface area contributed by atoms with E-state index in [-0.39, 0.29) is 61.1 Å². The number of unbranched alkanes of at least 4 members (excludes halogenated alkanes) is 28. The van der Waals surface area contributed by atoms with Gasteiger partial charge in [0.05, 0.1) is 22.4 Å². The van der Waals surface area contributed by atoms with Crippen LogP contribution in [0.4, 0.5) is 11.4 Å². The number of amides is 6. The van der Waals surface area contributed by atoms with Crippen molar-refractivity contribution in [1.82, 2.24) is 40.4 Å². The molecular formula is C100H134N10O6. The van der Waals surface area contributed by atoms with Gasteiger partial charge in [0.15, 0.2) is 0 Å². The molecule has 0 radical (unpaired) electrons. The molecule has 10 aromatic rings. The second kappa shape index (κ2) is 48.1. The highest BCUT2D eigenvalue weighted by atomic mass is 16.2. The first-order valence-electron chi connectivity index (χ1n) is 45.0. The summed E-state index contributed by atoms with van der Waals surface area (Å²) in [6.07, 6.45) is 38.6. The molecule has 0 saturated heterocycles. The van der Waals surface area contributed by atoms with Crippen LogP contribution >= 0.6 is 0 Å². The number of carbonyl (C=O) groups excluding carboxylic acids is 6. The van der Waals surface area contributed by atoms with Crippen LogP contribution in [0.15, 0.2) is 146 Å². The normalized spacial score (nSPS) is 12.1. The summed E-state index contributed by atoms with van der Waals surface area (Å²) < 4.78 is 4.84. The summed E-state index contributed by atoms with van der Waals surface area (Å²) in [5, 5.41) is 22.5. The number of aryl methyl sites for hydroxylation is 4. The van der Waals surface area contributed by atoms with Crippen molar-refractivity contribution in [2.45, 2.75) is 311 Å². The van der Waals surface area contributed by atoms with E-state index in [1.807, 2.05) is 86.6 Å². The number of aromatic nitrogens is 4. The molecule has 6 N–H and O–H groups in total. The predicted molar refractivity (Wildman–Crippen MR) is 482 cm³/mol. The Kier molecular flexibility index (Phi) is 36.8. The third-order valence-corrected chi connectivity index (χ3v) is 23.3. The third kappa shape index (κ3) is 26.9. The number of rotatable bonds is 54. The topological polar surface area (TPSA) is 210 Å². The third-order valence-electron chi connectivity index (χ3n) is 23.3. The summed E-state index contributed by atoms with van der Waals surface area (Å²) in [4.78, 5) is 93.5. The van der Waals surface area contributed by atoms with Crippen LogP contribution < -0.4 is 31.9 Å². The maximum Gasteiger partial charge on any atom is 0.242 e. The molecule has 10 rings (SSSR count). The number of benzene rings is 7. The van der Waals surface area contributed by atoms with Crippen molar-refractivity contribution in [2.24, 2.45) is 0 Å². The Labute approximate surface area is 691 Å². The zero-order valence-corrected chi connectivity index (χ0v) is 70.9. The van der Waals surface area contributed by atoms with Crippen molar-refractivity contribution < 1.29 is 28.8 Å². The van der Waals surface area contributed by atoms with Crippen LogP contribution in [-0.4, -0.2) is 79.7 Å². The van der Waals surface area contributed by atoms with E-state index in [2.05, 4.69) is 142 Å². The lowest BCUT2D eigenvalue weighted by atomic mass is 9.95. The molecule has 16 heteroatoms. The highest BCUT2D eigenvalue weighted by Gasteiger charge is 2.26. The molecule has 3 aromatic heterocycles. The van der Waals surface area contributed by atoms with Gasteiger partial charge in [0.1, 0.15) is 12.1 Å². The summed E-state index contributed by atoms with van der Waals surface area (Å²) in [6, 6.07) is 47.9. The molecule has 116 heavy (non-hydrogen) atoms. The van der Waals surface area contributed by atoms with Crippen molar-refractivity contribution in [2.75, 3.05) is 23.7 Å². The summed E-state index contributed by atoms with van der Waals surface area (Å²) >= 11 is 0. The van der Waals surface area contributed by atoms with Gasteiger partial charge >= 0.3 is 0 Å². The number of anilines is 2. The maximum atomic E-state index is 13.9. The molecule has 2 atom stereocenters. The van der Waals surface area contributed by atoms with Crippen molar-refractivity contribution in [3.8, 4) is 22.3 Å². The average molecular weight is 1570 g/mol. The molecule has 7 aromatic carbocycles. The molecule has 0 aliphatic heterocycles. The van der Waals surface area contributed by atoms with E-state index in [4.69, 9.17) is 9.97 Å². The lowest BCUT2D eigenvalue weighted by Crippen LogP contribution is -2.48. The fourth-order valence-electron chi connectivity index (χ4n) is 16.5. The first-order chi connectivity index (χ1) is 56.7. The first-order valence-corrected chi connectivity index (χ1v) is 45.0. The zero-order valence-electron chi connectivity index (χ0n) is 70.9. The Morgan fingerprint density at radius 1 is 0.328 bits per heavy atom. The monoisotopic (exact) mass is 1570 g/mol. The van der Waals surface area contributed by atoms with Gasteiger partial charge in [-0.2, -0.15) is 0 Å². The number of hydrogen-bond donors (Lipinski definition) is 6. The van der Waals surface area contributed by atoms with Crippen LogP contribution in [-0.2, 0) is 54.7 Å². The molecule has 0 aliphatic rings. The second-order valence-corrected chi connectivity index (χ2v) is 32.7. The predicted octanol–water partition coefficient (Wildman–Crippen LogP) is 23.5. The highest BCUT2D eigenvalue weighted by Crippen LogP contribution is 2.41. The molecule has 6 amide bonds. The van der Waals surface area contributed by atoms with Crippen molar-refractivity contribution >= 4 is 101 Å². The van der Waals surface area contributed by atoms with Crippen LogP contribution in [0, 0.1) is 13.8 Å². The number of hydrogen-bond acceptors (Lipinski definition) is 8. The van der Waals surface area contributed by atoms with Crippen LogP contribution in [0.5, 0.6) is 0 Å². The van der Waals surface area contributed by atoms with Gasteiger partial charge in [-0.3, -0.25) is 28.8 Å². The van der Waals surface area contributed by atoms with Crippen LogP contribution in [0.1, 0.15) is 281 Å². The largest absolute Gasteiger partial charge is 0.354 e. The minimum atomic E-state index is -0.774. The first kappa shape index (κ1) is 88.7. The van der Waals surface area contributed by atoms with E-state index in [0.717, 1.165) is 177 Å². The summed E-state index contributed by atoms with van der Waals surface area (Å²) in [6.45, 7) is 15.8. The highest BCUT2D eigenvalue weighted by molar-refractivity contribution is 6.14. The minimum absolute atomic E-state index is 0.0579. The Morgan fingerprint density at radius 3 is 0.974 bits per heavy atom. The van der Waals surface area contributed by atoms with E-state index in [9.17, 15) is 28.8 Å². The van der Waals surface area contributed by atoms with Gasteiger partial charge in [0.25, 0.3) is 0 Å². The van der Waals surface area contributed by atoms with Gasteiger partial charge in [0, 0.05) is 131 Å². The van der Waals surface area contributed by atoms with E-state index in [1.165, 1.54) is 141 Å². The van der Waals surface area contributed by atoms with Gasteiger partial charge in [-0.05, 0) is 122 Å².